The molecule has 3 aromatic carbocycles. The van der Waals surface area contributed by atoms with Gasteiger partial charge in [0.15, 0.2) is 11.6 Å². The maximum Gasteiger partial charge on any atom is 0.417 e. The summed E-state index contributed by atoms with van der Waals surface area (Å²) in [6.45, 7) is 0. The molecule has 12 nitrogen and oxygen atoms in total. The van der Waals surface area contributed by atoms with E-state index < -0.39 is 6.09 Å². The molecule has 3 N–H and O–H groups in total. The third-order valence-electron chi connectivity index (χ3n) is 4.71. The van der Waals surface area contributed by atoms with Crippen LogP contribution in [0.2, 0.25) is 0 Å². The second-order valence-corrected chi connectivity index (χ2v) is 7.29. The van der Waals surface area contributed by atoms with E-state index in [2.05, 4.69) is 36.4 Å². The first-order chi connectivity index (χ1) is 17.0. The van der Waals surface area contributed by atoms with Crippen LogP contribution in [-0.4, -0.2) is 46.5 Å². The Bertz CT molecular complexity index is 1410. The Morgan fingerprint density at radius 3 is 1.97 bits per heavy atom. The highest BCUT2D eigenvalue weighted by Crippen LogP contribution is 2.20. The van der Waals surface area contributed by atoms with Crippen molar-refractivity contribution in [3.63, 3.8) is 0 Å². The van der Waals surface area contributed by atoms with E-state index in [9.17, 15) is 4.79 Å². The van der Waals surface area contributed by atoms with Crippen molar-refractivity contribution in [3.05, 3.63) is 78.9 Å². The Morgan fingerprint density at radius 1 is 0.800 bits per heavy atom. The molecule has 2 heterocycles. The fourth-order valence-corrected chi connectivity index (χ4v) is 3.10. The van der Waals surface area contributed by atoms with E-state index in [1.807, 2.05) is 42.5 Å². The Hall–Kier alpha value is -5.13. The molecule has 0 radical (unpaired) electrons. The molecule has 2 aromatic heterocycles. The van der Waals surface area contributed by atoms with Crippen LogP contribution in [0.25, 0.3) is 22.8 Å². The summed E-state index contributed by atoms with van der Waals surface area (Å²) in [4.78, 5) is 11.9. The number of hydrogen-bond donors (Lipinski definition) is 2. The summed E-state index contributed by atoms with van der Waals surface area (Å²) in [5.41, 5.74) is 8.66. The summed E-state index contributed by atoms with van der Waals surface area (Å²) in [5, 5.41) is 25.1. The van der Waals surface area contributed by atoms with Gasteiger partial charge < -0.3 is 10.5 Å². The van der Waals surface area contributed by atoms with Crippen LogP contribution in [0.1, 0.15) is 0 Å². The number of ether oxygens (including phenoxy) is 1. The molecule has 0 saturated heterocycles. The zero-order valence-electron chi connectivity index (χ0n) is 19.0. The lowest BCUT2D eigenvalue weighted by Gasteiger charge is -2.07. The molecule has 35 heavy (non-hydrogen) atoms. The number of nitrogens with one attached hydrogen (secondary N) is 1. The fourth-order valence-electron chi connectivity index (χ4n) is 3.10. The molecule has 0 atom stereocenters. The van der Waals surface area contributed by atoms with Crippen molar-refractivity contribution < 1.29 is 9.53 Å². The fraction of sp³-hybridized carbons (Fsp3) is 0.0870. The molecular formula is C23H22N10O2. The summed E-state index contributed by atoms with van der Waals surface area (Å²) in [5.74, 6) is 1.81. The minimum absolute atomic E-state index is 0.480. The number of amides is 1. The largest absolute Gasteiger partial charge is 0.417 e. The molecule has 176 valence electrons. The van der Waals surface area contributed by atoms with Gasteiger partial charge in [-0.1, -0.05) is 42.5 Å². The molecule has 0 aliphatic carbocycles. The maximum absolute atomic E-state index is 11.9. The molecule has 0 aliphatic rings. The van der Waals surface area contributed by atoms with Crippen molar-refractivity contribution in [2.75, 3.05) is 11.1 Å². The molecule has 12 heteroatoms. The molecule has 5 rings (SSSR count). The van der Waals surface area contributed by atoms with Crippen molar-refractivity contribution in [3.8, 4) is 28.5 Å². The Balaban J connectivity index is 0.000000189. The number of para-hydroxylation sites is 1. The summed E-state index contributed by atoms with van der Waals surface area (Å²) in [6, 6.07) is 23.5. The second kappa shape index (κ2) is 10.7. The monoisotopic (exact) mass is 470 g/mol. The Kier molecular flexibility index (Phi) is 7.02. The Labute approximate surface area is 200 Å². The number of tetrazole rings is 2. The zero-order valence-corrected chi connectivity index (χ0v) is 19.0. The van der Waals surface area contributed by atoms with Crippen molar-refractivity contribution in [2.45, 2.75) is 0 Å². The normalized spacial score (nSPS) is 10.2. The number of nitrogens with two attached hydrogens (primary N) is 1. The molecule has 1 amide bonds. The number of aromatic nitrogens is 8. The smallest absolute Gasteiger partial charge is 0.410 e. The lowest BCUT2D eigenvalue weighted by Crippen LogP contribution is -2.16. The predicted octanol–water partition coefficient (Wildman–Crippen LogP) is 2.95. The van der Waals surface area contributed by atoms with E-state index in [0.717, 1.165) is 11.1 Å². The van der Waals surface area contributed by atoms with E-state index >= 15 is 0 Å². The minimum atomic E-state index is -0.556. The van der Waals surface area contributed by atoms with E-state index in [1.165, 1.54) is 0 Å². The molecule has 0 bridgehead atoms. The van der Waals surface area contributed by atoms with Crippen LogP contribution >= 0.6 is 0 Å². The number of carbonyl (C=O) groups excluding carboxylic acids is 1. The van der Waals surface area contributed by atoms with Gasteiger partial charge in [0.2, 0.25) is 0 Å². The highest BCUT2D eigenvalue weighted by atomic mass is 16.6. The third kappa shape index (κ3) is 6.01. The van der Waals surface area contributed by atoms with Crippen molar-refractivity contribution in [1.29, 1.82) is 0 Å². The van der Waals surface area contributed by atoms with Gasteiger partial charge in [0.1, 0.15) is 5.75 Å². The first-order valence-electron chi connectivity index (χ1n) is 10.4. The SMILES string of the molecule is Cn1nnnc1-c1cccc(N)c1.Cn1nnnc1-c1cccc(NC(=O)Oc2ccccc2)c1. The first kappa shape index (κ1) is 23.0. The lowest BCUT2D eigenvalue weighted by molar-refractivity contribution is 0.215. The zero-order chi connectivity index (χ0) is 24.6. The van der Waals surface area contributed by atoms with Gasteiger partial charge in [0.25, 0.3) is 0 Å². The standard InChI is InChI=1S/C15H13N5O2.C8H9N5/c1-20-14(17-18-19-20)11-6-5-7-12(10-11)16-15(21)22-13-8-3-2-4-9-13;1-13-8(10-11-12-13)6-3-2-4-7(9)5-6/h2-10H,1H3,(H,16,21);2-5H,9H2,1H3. The topological polar surface area (TPSA) is 152 Å². The van der Waals surface area contributed by atoms with Crippen LogP contribution in [0, 0.1) is 0 Å². The molecule has 0 spiro atoms. The number of carbonyl (C=O) groups is 1. The highest BCUT2D eigenvalue weighted by Gasteiger charge is 2.09. The van der Waals surface area contributed by atoms with Gasteiger partial charge in [0, 0.05) is 36.6 Å². The van der Waals surface area contributed by atoms with Gasteiger partial charge in [-0.2, -0.15) is 0 Å². The lowest BCUT2D eigenvalue weighted by atomic mass is 10.2. The maximum atomic E-state index is 11.9. The average molecular weight is 470 g/mol. The van der Waals surface area contributed by atoms with Gasteiger partial charge >= 0.3 is 6.09 Å². The number of hydrogen-bond acceptors (Lipinski definition) is 9. The van der Waals surface area contributed by atoms with Crippen LogP contribution in [0.15, 0.2) is 78.9 Å². The van der Waals surface area contributed by atoms with Gasteiger partial charge in [-0.05, 0) is 57.3 Å². The summed E-state index contributed by atoms with van der Waals surface area (Å²) < 4.78 is 8.34. The van der Waals surface area contributed by atoms with Crippen molar-refractivity contribution >= 4 is 17.5 Å². The van der Waals surface area contributed by atoms with E-state index in [4.69, 9.17) is 10.5 Å². The molecule has 0 saturated carbocycles. The van der Waals surface area contributed by atoms with Gasteiger partial charge in [0.05, 0.1) is 0 Å². The Morgan fingerprint density at radius 2 is 1.40 bits per heavy atom. The van der Waals surface area contributed by atoms with Crippen LogP contribution in [-0.2, 0) is 14.1 Å². The number of anilines is 2. The molecular weight excluding hydrogens is 448 g/mol. The molecule has 5 aromatic rings. The van der Waals surface area contributed by atoms with E-state index in [-0.39, 0.29) is 0 Å². The average Bonchev–Trinajstić information content (AvgIpc) is 3.48. The molecule has 0 unspecified atom stereocenters. The summed E-state index contributed by atoms with van der Waals surface area (Å²) in [6.07, 6.45) is -0.556. The first-order valence-corrected chi connectivity index (χ1v) is 10.4. The van der Waals surface area contributed by atoms with Crippen LogP contribution in [0.3, 0.4) is 0 Å². The number of nitrogens with zero attached hydrogens (tertiary/aromatic N) is 8. The van der Waals surface area contributed by atoms with Crippen LogP contribution < -0.4 is 15.8 Å². The summed E-state index contributed by atoms with van der Waals surface area (Å²) in [7, 11) is 3.54. The third-order valence-corrected chi connectivity index (χ3v) is 4.71. The number of nitrogen functional groups attached to an aromatic ring is 1. The molecule has 0 fully saturated rings. The van der Waals surface area contributed by atoms with Crippen molar-refractivity contribution in [1.82, 2.24) is 40.4 Å². The quantitative estimate of drug-likeness (QED) is 0.378. The summed E-state index contributed by atoms with van der Waals surface area (Å²) >= 11 is 0. The van der Waals surface area contributed by atoms with Gasteiger partial charge in [-0.15, -0.1) is 10.2 Å². The highest BCUT2D eigenvalue weighted by molar-refractivity contribution is 5.87. The second-order valence-electron chi connectivity index (χ2n) is 7.29. The van der Waals surface area contributed by atoms with Gasteiger partial charge in [-0.3, -0.25) is 5.32 Å². The van der Waals surface area contributed by atoms with Gasteiger partial charge in [-0.25, -0.2) is 14.2 Å². The van der Waals surface area contributed by atoms with E-state index in [1.54, 1.807) is 59.9 Å². The number of rotatable bonds is 4. The number of benzene rings is 3. The molecule has 0 aliphatic heterocycles. The predicted molar refractivity (Wildman–Crippen MR) is 129 cm³/mol. The van der Waals surface area contributed by atoms with Crippen LogP contribution in [0.4, 0.5) is 16.2 Å². The minimum Gasteiger partial charge on any atom is -0.410 e. The van der Waals surface area contributed by atoms with Crippen molar-refractivity contribution in [2.24, 2.45) is 14.1 Å². The number of aryl methyl sites for hydroxylation is 2. The van der Waals surface area contributed by atoms with E-state index in [0.29, 0.717) is 28.8 Å². The van der Waals surface area contributed by atoms with Crippen LogP contribution in [0.5, 0.6) is 5.75 Å².